The highest BCUT2D eigenvalue weighted by molar-refractivity contribution is 6.08. The number of rotatable bonds is 6. The average molecular weight is 265 g/mol. The van der Waals surface area contributed by atoms with Gasteiger partial charge in [-0.15, -0.1) is 0 Å². The Morgan fingerprint density at radius 2 is 1.60 bits per heavy atom. The van der Waals surface area contributed by atoms with Crippen LogP contribution in [0.4, 0.5) is 0 Å². The largest absolute Gasteiger partial charge is 0.390 e. The zero-order valence-electron chi connectivity index (χ0n) is 11.7. The minimum atomic E-state index is 0.0674. The maximum absolute atomic E-state index is 12.1. The van der Waals surface area contributed by atoms with Crippen molar-refractivity contribution < 1.29 is 4.79 Å². The van der Waals surface area contributed by atoms with Crippen molar-refractivity contribution >= 4 is 5.78 Å². The Balaban J connectivity index is 1.84. The zero-order chi connectivity index (χ0) is 14.2. The smallest absolute Gasteiger partial charge is 0.190 e. The maximum Gasteiger partial charge on any atom is 0.190 e. The van der Waals surface area contributed by atoms with Crippen LogP contribution in [0.3, 0.4) is 0 Å². The second-order valence-electron chi connectivity index (χ2n) is 4.71. The molecule has 2 aromatic carbocycles. The van der Waals surface area contributed by atoms with Gasteiger partial charge in [0.15, 0.2) is 5.78 Å². The molecule has 0 heterocycles. The Morgan fingerprint density at radius 3 is 2.25 bits per heavy atom. The number of hydrogen-bond donors (Lipinski definition) is 1. The fraction of sp³-hybridized carbons (Fsp3) is 0.167. The molecule has 1 N–H and O–H groups in total. The highest BCUT2D eigenvalue weighted by atomic mass is 16.1. The van der Waals surface area contributed by atoms with Crippen molar-refractivity contribution in [3.05, 3.63) is 83.6 Å². The van der Waals surface area contributed by atoms with Crippen molar-refractivity contribution in [2.24, 2.45) is 0 Å². The maximum atomic E-state index is 12.1. The number of benzene rings is 2. The number of nitrogens with one attached hydrogen (secondary N) is 1. The molecule has 20 heavy (non-hydrogen) atoms. The summed E-state index contributed by atoms with van der Waals surface area (Å²) in [5.74, 6) is 0.0674. The van der Waals surface area contributed by atoms with E-state index >= 15 is 0 Å². The van der Waals surface area contributed by atoms with Gasteiger partial charge >= 0.3 is 0 Å². The van der Waals surface area contributed by atoms with Crippen LogP contribution < -0.4 is 5.32 Å². The molecule has 0 radical (unpaired) electrons. The van der Waals surface area contributed by atoms with Crippen molar-refractivity contribution in [1.82, 2.24) is 5.32 Å². The van der Waals surface area contributed by atoms with Gasteiger partial charge < -0.3 is 5.32 Å². The first-order valence-corrected chi connectivity index (χ1v) is 6.81. The Hall–Kier alpha value is -2.35. The van der Waals surface area contributed by atoms with E-state index in [9.17, 15) is 4.79 Å². The zero-order valence-corrected chi connectivity index (χ0v) is 11.7. The van der Waals surface area contributed by atoms with E-state index in [1.807, 2.05) is 55.5 Å². The van der Waals surface area contributed by atoms with Crippen LogP contribution in [0.1, 0.15) is 22.8 Å². The molecule has 0 spiro atoms. The van der Waals surface area contributed by atoms with Gasteiger partial charge in [0.1, 0.15) is 0 Å². The normalized spacial score (nSPS) is 11.2. The molecule has 102 valence electrons. The first-order valence-electron chi connectivity index (χ1n) is 6.81. The molecule has 0 saturated heterocycles. The van der Waals surface area contributed by atoms with E-state index < -0.39 is 0 Å². The van der Waals surface area contributed by atoms with Gasteiger partial charge in [0.25, 0.3) is 0 Å². The van der Waals surface area contributed by atoms with E-state index in [-0.39, 0.29) is 5.78 Å². The number of hydrogen-bond acceptors (Lipinski definition) is 2. The van der Waals surface area contributed by atoms with E-state index in [1.165, 1.54) is 5.56 Å². The molecular weight excluding hydrogens is 246 g/mol. The van der Waals surface area contributed by atoms with Crippen molar-refractivity contribution in [2.75, 3.05) is 6.54 Å². The van der Waals surface area contributed by atoms with Gasteiger partial charge in [-0.25, -0.2) is 0 Å². The molecule has 0 aliphatic carbocycles. The molecular formula is C18H19NO. The summed E-state index contributed by atoms with van der Waals surface area (Å²) in [4.78, 5) is 12.1. The van der Waals surface area contributed by atoms with E-state index in [4.69, 9.17) is 0 Å². The van der Waals surface area contributed by atoms with Gasteiger partial charge in [-0.1, -0.05) is 60.7 Å². The Labute approximate surface area is 120 Å². The molecule has 0 bridgehead atoms. The van der Waals surface area contributed by atoms with Gasteiger partial charge in [-0.3, -0.25) is 4.79 Å². The number of Topliss-reactive ketones (excluding diaryl/α,β-unsaturated/α-hetero) is 1. The van der Waals surface area contributed by atoms with Crippen molar-refractivity contribution in [1.29, 1.82) is 0 Å². The fourth-order valence-corrected chi connectivity index (χ4v) is 1.97. The molecule has 0 fully saturated rings. The van der Waals surface area contributed by atoms with E-state index in [1.54, 1.807) is 6.20 Å². The van der Waals surface area contributed by atoms with Crippen LogP contribution in [0.25, 0.3) is 0 Å². The third-order valence-electron chi connectivity index (χ3n) is 3.11. The third kappa shape index (κ3) is 4.09. The minimum absolute atomic E-state index is 0.0674. The summed E-state index contributed by atoms with van der Waals surface area (Å²) in [5.41, 5.74) is 2.75. The van der Waals surface area contributed by atoms with Gasteiger partial charge in [0, 0.05) is 23.9 Å². The fourth-order valence-electron chi connectivity index (χ4n) is 1.97. The lowest BCUT2D eigenvalue weighted by Gasteiger charge is -2.04. The number of carbonyl (C=O) groups excluding carboxylic acids is 1. The topological polar surface area (TPSA) is 29.1 Å². The van der Waals surface area contributed by atoms with Crippen molar-refractivity contribution in [3.63, 3.8) is 0 Å². The predicted molar refractivity (Wildman–Crippen MR) is 82.7 cm³/mol. The summed E-state index contributed by atoms with van der Waals surface area (Å²) >= 11 is 0. The standard InChI is InChI=1S/C18H19NO/c1-15(18(20)17-10-6-3-7-11-17)14-19-13-12-16-8-4-2-5-9-16/h2-11,14,19H,12-13H2,1H3/b15-14+. The molecule has 2 heteroatoms. The minimum Gasteiger partial charge on any atom is -0.390 e. The summed E-state index contributed by atoms with van der Waals surface area (Å²) in [6.45, 7) is 2.66. The van der Waals surface area contributed by atoms with Gasteiger partial charge in [-0.05, 0) is 18.9 Å². The Morgan fingerprint density at radius 1 is 1.00 bits per heavy atom. The van der Waals surface area contributed by atoms with E-state index in [2.05, 4.69) is 17.4 Å². The lowest BCUT2D eigenvalue weighted by molar-refractivity contribution is 0.103. The second kappa shape index (κ2) is 7.29. The monoisotopic (exact) mass is 265 g/mol. The number of carbonyl (C=O) groups is 1. The van der Waals surface area contributed by atoms with Crippen LogP contribution in [0, 0.1) is 0 Å². The van der Waals surface area contributed by atoms with Crippen LogP contribution in [0.5, 0.6) is 0 Å². The van der Waals surface area contributed by atoms with Crippen LogP contribution in [-0.2, 0) is 6.42 Å². The van der Waals surface area contributed by atoms with Crippen LogP contribution in [0.2, 0.25) is 0 Å². The van der Waals surface area contributed by atoms with Crippen LogP contribution in [0.15, 0.2) is 72.4 Å². The summed E-state index contributed by atoms with van der Waals surface area (Å²) in [6.07, 6.45) is 2.75. The summed E-state index contributed by atoms with van der Waals surface area (Å²) in [6, 6.07) is 19.6. The lowest BCUT2D eigenvalue weighted by atomic mass is 10.1. The molecule has 2 nitrogen and oxygen atoms in total. The Kier molecular flexibility index (Phi) is 5.13. The highest BCUT2D eigenvalue weighted by Crippen LogP contribution is 2.06. The molecule has 0 aliphatic heterocycles. The van der Waals surface area contributed by atoms with E-state index in [0.29, 0.717) is 0 Å². The van der Waals surface area contributed by atoms with Crippen LogP contribution >= 0.6 is 0 Å². The number of ketones is 1. The van der Waals surface area contributed by atoms with Crippen molar-refractivity contribution in [3.8, 4) is 0 Å². The summed E-state index contributed by atoms with van der Waals surface area (Å²) in [5, 5.41) is 3.20. The first-order chi connectivity index (χ1) is 9.77. The van der Waals surface area contributed by atoms with Crippen LogP contribution in [-0.4, -0.2) is 12.3 Å². The van der Waals surface area contributed by atoms with Gasteiger partial charge in [-0.2, -0.15) is 0 Å². The summed E-state index contributed by atoms with van der Waals surface area (Å²) in [7, 11) is 0. The molecule has 0 atom stereocenters. The molecule has 0 aromatic heterocycles. The molecule has 2 aromatic rings. The highest BCUT2D eigenvalue weighted by Gasteiger charge is 2.06. The average Bonchev–Trinajstić information content (AvgIpc) is 2.52. The SMILES string of the molecule is C/C(=C\NCCc1ccccc1)C(=O)c1ccccc1. The lowest BCUT2D eigenvalue weighted by Crippen LogP contribution is -2.12. The van der Waals surface area contributed by atoms with E-state index in [0.717, 1.165) is 24.1 Å². The predicted octanol–water partition coefficient (Wildman–Crippen LogP) is 3.61. The molecule has 0 aliphatic rings. The number of allylic oxidation sites excluding steroid dienone is 1. The molecule has 0 saturated carbocycles. The molecule has 0 unspecified atom stereocenters. The second-order valence-corrected chi connectivity index (χ2v) is 4.71. The molecule has 0 amide bonds. The first kappa shape index (κ1) is 14.1. The van der Waals surface area contributed by atoms with Crippen molar-refractivity contribution in [2.45, 2.75) is 13.3 Å². The van der Waals surface area contributed by atoms with Gasteiger partial charge in [0.2, 0.25) is 0 Å². The van der Waals surface area contributed by atoms with Gasteiger partial charge in [0.05, 0.1) is 0 Å². The summed E-state index contributed by atoms with van der Waals surface area (Å²) < 4.78 is 0. The quantitative estimate of drug-likeness (QED) is 0.491. The third-order valence-corrected chi connectivity index (χ3v) is 3.11. The molecule has 2 rings (SSSR count). The Bertz CT molecular complexity index is 573.